The van der Waals surface area contributed by atoms with Gasteiger partial charge in [-0.2, -0.15) is 0 Å². The van der Waals surface area contributed by atoms with Crippen molar-refractivity contribution in [2.24, 2.45) is 0 Å². The van der Waals surface area contributed by atoms with E-state index in [9.17, 15) is 14.7 Å². The van der Waals surface area contributed by atoms with Crippen LogP contribution in [-0.2, 0) is 16.1 Å². The van der Waals surface area contributed by atoms with E-state index >= 15 is 0 Å². The molecule has 2 rings (SSSR count). The first-order valence-electron chi connectivity index (χ1n) is 11.9. The summed E-state index contributed by atoms with van der Waals surface area (Å²) < 4.78 is 0. The van der Waals surface area contributed by atoms with Crippen LogP contribution in [0.15, 0.2) is 24.3 Å². The Morgan fingerprint density at radius 1 is 0.941 bits per heavy atom. The summed E-state index contributed by atoms with van der Waals surface area (Å²) in [5.74, 6) is -0.745. The highest BCUT2D eigenvalue weighted by Crippen LogP contribution is 2.09. The van der Waals surface area contributed by atoms with Gasteiger partial charge in [-0.15, -0.1) is 0 Å². The van der Waals surface area contributed by atoms with E-state index in [1.807, 2.05) is 29.2 Å². The van der Waals surface area contributed by atoms with Gasteiger partial charge in [0.1, 0.15) is 0 Å². The van der Waals surface area contributed by atoms with E-state index in [1.165, 1.54) is 5.49 Å². The largest absolute Gasteiger partial charge is 0.480 e. The van der Waals surface area contributed by atoms with E-state index in [1.54, 1.807) is 0 Å². The highest BCUT2D eigenvalue weighted by atomic mass is 32.1. The Kier molecular flexibility index (Phi) is 13.0. The topological polar surface area (TPSA) is 91.4 Å². The number of rotatable bonds is 10. The average molecular weight is 493 g/mol. The van der Waals surface area contributed by atoms with Gasteiger partial charge in [0.05, 0.1) is 12.0 Å². The van der Waals surface area contributed by atoms with E-state index < -0.39 is 5.97 Å². The van der Waals surface area contributed by atoms with Crippen molar-refractivity contribution in [1.82, 2.24) is 24.9 Å². The Morgan fingerprint density at radius 2 is 1.50 bits per heavy atom. The third-order valence-electron chi connectivity index (χ3n) is 6.10. The molecule has 0 radical (unpaired) electrons. The lowest BCUT2D eigenvalue weighted by molar-refractivity contribution is -0.138. The first-order chi connectivity index (χ1) is 16.4. The number of hydrogen-bond donors (Lipinski definition) is 3. The quantitative estimate of drug-likeness (QED) is 0.414. The van der Waals surface area contributed by atoms with Gasteiger partial charge >= 0.3 is 5.97 Å². The van der Waals surface area contributed by atoms with Gasteiger partial charge in [-0.05, 0) is 44.8 Å². The lowest BCUT2D eigenvalue weighted by atomic mass is 10.2. The third-order valence-corrected chi connectivity index (χ3v) is 6.22. The van der Waals surface area contributed by atoms with Crippen molar-refractivity contribution in [2.75, 3.05) is 84.9 Å². The maximum Gasteiger partial charge on any atom is 0.317 e. The van der Waals surface area contributed by atoms with Crippen LogP contribution < -0.4 is 10.6 Å². The van der Waals surface area contributed by atoms with Crippen molar-refractivity contribution in [3.8, 4) is 0 Å². The Morgan fingerprint density at radius 3 is 2.12 bits per heavy atom. The van der Waals surface area contributed by atoms with Crippen molar-refractivity contribution in [2.45, 2.75) is 19.4 Å². The molecule has 1 fully saturated rings. The number of aliphatic carboxylic acids is 1. The summed E-state index contributed by atoms with van der Waals surface area (Å²) in [6.07, 6.45) is 1.25. The first kappa shape index (κ1) is 28.1. The number of nitrogens with one attached hydrogen (secondary N) is 2. The summed E-state index contributed by atoms with van der Waals surface area (Å²) in [5.41, 5.74) is 3.43. The van der Waals surface area contributed by atoms with Crippen LogP contribution in [-0.4, -0.2) is 122 Å². The normalized spacial score (nSPS) is 17.9. The van der Waals surface area contributed by atoms with Gasteiger partial charge in [0.25, 0.3) is 0 Å². The molecule has 10 heteroatoms. The van der Waals surface area contributed by atoms with Crippen LogP contribution in [0.4, 0.5) is 5.69 Å². The van der Waals surface area contributed by atoms with Gasteiger partial charge in [0.15, 0.2) is 0 Å². The second-order valence-corrected chi connectivity index (χ2v) is 9.19. The lowest BCUT2D eigenvalue weighted by Gasteiger charge is -2.31. The highest BCUT2D eigenvalue weighted by Gasteiger charge is 2.15. The minimum absolute atomic E-state index is 0.0445. The zero-order valence-corrected chi connectivity index (χ0v) is 21.4. The molecular weight excluding hydrogens is 452 g/mol. The molecule has 0 saturated carbocycles. The molecule has 0 spiro atoms. The molecule has 0 unspecified atom stereocenters. The molecule has 1 aliphatic rings. The number of amides is 1. The maximum atomic E-state index is 12.3. The van der Waals surface area contributed by atoms with Crippen molar-refractivity contribution in [3.63, 3.8) is 0 Å². The number of anilines is 1. The van der Waals surface area contributed by atoms with Crippen LogP contribution in [0.2, 0.25) is 0 Å². The molecule has 1 amide bonds. The fourth-order valence-electron chi connectivity index (χ4n) is 3.81. The van der Waals surface area contributed by atoms with Crippen LogP contribution in [0, 0.1) is 0 Å². The minimum Gasteiger partial charge on any atom is -0.480 e. The standard InChI is InChI=1S/C24H40N6O3S/c1-27-10-11-28(2)13-15-30(19-24(32)33)17-16-29(14-12-27)9-3-4-23(31)25-18-21-5-7-22(8-6-21)26-20-34/h5-8,20H,3-4,9-19H2,1-2H3,(H,25,31)(H,26,34)(H,32,33). The summed E-state index contributed by atoms with van der Waals surface area (Å²) in [5, 5.41) is 15.2. The average Bonchev–Trinajstić information content (AvgIpc) is 2.81. The highest BCUT2D eigenvalue weighted by molar-refractivity contribution is 7.79. The molecule has 1 aliphatic heterocycles. The molecule has 0 aromatic heterocycles. The molecule has 9 nitrogen and oxygen atoms in total. The molecule has 0 atom stereocenters. The Labute approximate surface area is 209 Å². The molecule has 1 aromatic rings. The predicted octanol–water partition coefficient (Wildman–Crippen LogP) is 1.02. The van der Waals surface area contributed by atoms with Crippen LogP contribution in [0.1, 0.15) is 18.4 Å². The fraction of sp³-hybridized carbons (Fsp3) is 0.625. The minimum atomic E-state index is -0.790. The number of hydrogen-bond acceptors (Lipinski definition) is 7. The number of carbonyl (C=O) groups is 2. The van der Waals surface area contributed by atoms with Crippen LogP contribution >= 0.6 is 12.2 Å². The number of benzene rings is 1. The zero-order chi connectivity index (χ0) is 24.8. The summed E-state index contributed by atoms with van der Waals surface area (Å²) in [6, 6.07) is 7.80. The number of carboxylic acids is 1. The zero-order valence-electron chi connectivity index (χ0n) is 20.5. The van der Waals surface area contributed by atoms with Gasteiger partial charge in [-0.25, -0.2) is 0 Å². The molecule has 34 heavy (non-hydrogen) atoms. The molecule has 3 N–H and O–H groups in total. The van der Waals surface area contributed by atoms with Gasteiger partial charge < -0.3 is 30.4 Å². The number of nitrogens with zero attached hydrogens (tertiary/aromatic N) is 4. The van der Waals surface area contributed by atoms with Gasteiger partial charge in [-0.3, -0.25) is 14.5 Å². The maximum absolute atomic E-state index is 12.3. The Hall–Kier alpha value is -2.11. The second-order valence-electron chi connectivity index (χ2n) is 8.96. The van der Waals surface area contributed by atoms with E-state index in [0.29, 0.717) is 19.5 Å². The fourth-order valence-corrected chi connectivity index (χ4v) is 3.94. The molecule has 190 valence electrons. The molecule has 1 saturated heterocycles. The monoisotopic (exact) mass is 492 g/mol. The van der Waals surface area contributed by atoms with Crippen molar-refractivity contribution >= 4 is 35.3 Å². The molecule has 1 heterocycles. The summed E-state index contributed by atoms with van der Waals surface area (Å²) >= 11 is 4.78. The molecule has 1 aromatic carbocycles. The van der Waals surface area contributed by atoms with Crippen LogP contribution in [0.5, 0.6) is 0 Å². The molecule has 0 aliphatic carbocycles. The second kappa shape index (κ2) is 15.7. The summed E-state index contributed by atoms with van der Waals surface area (Å²) in [4.78, 5) is 32.6. The summed E-state index contributed by atoms with van der Waals surface area (Å²) in [6.45, 7) is 8.29. The van der Waals surface area contributed by atoms with Gasteiger partial charge in [0, 0.05) is 71.0 Å². The van der Waals surface area contributed by atoms with E-state index in [2.05, 4.69) is 39.4 Å². The van der Waals surface area contributed by atoms with Gasteiger partial charge in [0.2, 0.25) is 5.91 Å². The predicted molar refractivity (Wildman–Crippen MR) is 140 cm³/mol. The third kappa shape index (κ3) is 11.8. The van der Waals surface area contributed by atoms with E-state index in [0.717, 1.165) is 70.0 Å². The first-order valence-corrected chi connectivity index (χ1v) is 12.4. The number of carboxylic acid groups (broad SMARTS) is 1. The molecule has 0 bridgehead atoms. The van der Waals surface area contributed by atoms with E-state index in [4.69, 9.17) is 12.2 Å². The van der Waals surface area contributed by atoms with Crippen LogP contribution in [0.3, 0.4) is 0 Å². The summed E-state index contributed by atoms with van der Waals surface area (Å²) in [7, 11) is 4.23. The Bertz CT molecular complexity index is 764. The lowest BCUT2D eigenvalue weighted by Crippen LogP contribution is -2.45. The number of thiocarbonyl (C=S) groups is 1. The Balaban J connectivity index is 1.79. The molecular formula is C24H40N6O3S. The van der Waals surface area contributed by atoms with Crippen molar-refractivity contribution in [1.29, 1.82) is 0 Å². The van der Waals surface area contributed by atoms with Crippen molar-refractivity contribution in [3.05, 3.63) is 29.8 Å². The smallest absolute Gasteiger partial charge is 0.317 e. The number of likely N-dealkylation sites (N-methyl/N-ethyl adjacent to an activating group) is 2. The van der Waals surface area contributed by atoms with Crippen molar-refractivity contribution < 1.29 is 14.7 Å². The van der Waals surface area contributed by atoms with Crippen LogP contribution in [0.25, 0.3) is 0 Å². The van der Waals surface area contributed by atoms with Gasteiger partial charge in [-0.1, -0.05) is 24.4 Å². The van der Waals surface area contributed by atoms with E-state index in [-0.39, 0.29) is 12.5 Å². The number of carbonyl (C=O) groups excluding carboxylic acids is 1. The SMILES string of the molecule is CN1CCN(C)CCN(CC(=O)O)CCN(CCCC(=O)NCc2ccc(NC=S)cc2)CC1.